The van der Waals surface area contributed by atoms with Crippen molar-refractivity contribution in [2.24, 2.45) is 0 Å². The fourth-order valence-electron chi connectivity index (χ4n) is 9.06. The van der Waals surface area contributed by atoms with E-state index >= 15 is 0 Å². The average Bonchev–Trinajstić information content (AvgIpc) is 3.44. The third-order valence-electron chi connectivity index (χ3n) is 14.0. The summed E-state index contributed by atoms with van der Waals surface area (Å²) < 4.78 is 16.9. The van der Waals surface area contributed by atoms with Crippen molar-refractivity contribution in [1.82, 2.24) is 0 Å². The monoisotopic (exact) mass is 1080 g/mol. The Labute approximate surface area is 482 Å². The van der Waals surface area contributed by atoms with Crippen LogP contribution in [0.15, 0.2) is 109 Å². The van der Waals surface area contributed by atoms with E-state index in [-0.39, 0.29) is 31.1 Å². The molecule has 0 spiro atoms. The summed E-state index contributed by atoms with van der Waals surface area (Å²) in [6.45, 7) is 6.50. The highest BCUT2D eigenvalue weighted by Gasteiger charge is 2.19. The minimum absolute atomic E-state index is 0.0858. The summed E-state index contributed by atoms with van der Waals surface area (Å²) in [5.74, 6) is -0.898. The molecule has 0 bridgehead atoms. The van der Waals surface area contributed by atoms with Crippen LogP contribution in [0.2, 0.25) is 0 Å². The molecule has 0 aromatic heterocycles. The first-order valence-corrected chi connectivity index (χ1v) is 32.9. The molecule has 0 saturated heterocycles. The topological polar surface area (TPSA) is 78.9 Å². The van der Waals surface area contributed by atoms with Crippen LogP contribution in [-0.4, -0.2) is 37.2 Å². The minimum atomic E-state index is -0.790. The van der Waals surface area contributed by atoms with E-state index in [1.54, 1.807) is 0 Å². The van der Waals surface area contributed by atoms with Gasteiger partial charge in [-0.1, -0.05) is 271 Å². The first-order chi connectivity index (χ1) is 38.5. The highest BCUT2D eigenvalue weighted by molar-refractivity contribution is 5.71. The number of esters is 3. The van der Waals surface area contributed by atoms with Crippen molar-refractivity contribution in [1.29, 1.82) is 0 Å². The Hall–Kier alpha value is -3.93. The van der Waals surface area contributed by atoms with Crippen molar-refractivity contribution in [2.75, 3.05) is 13.2 Å². The fourth-order valence-corrected chi connectivity index (χ4v) is 9.06. The summed E-state index contributed by atoms with van der Waals surface area (Å²) in [4.78, 5) is 38.3. The summed E-state index contributed by atoms with van der Waals surface area (Å²) in [5, 5.41) is 0. The number of hydrogen-bond donors (Lipinski definition) is 0. The van der Waals surface area contributed by atoms with Gasteiger partial charge in [0.25, 0.3) is 0 Å². The predicted molar refractivity (Wildman–Crippen MR) is 339 cm³/mol. The van der Waals surface area contributed by atoms with Gasteiger partial charge in [-0.15, -0.1) is 0 Å². The molecule has 0 saturated carbocycles. The van der Waals surface area contributed by atoms with Crippen molar-refractivity contribution in [3.63, 3.8) is 0 Å². The molecule has 0 rings (SSSR count). The van der Waals surface area contributed by atoms with Crippen LogP contribution < -0.4 is 0 Å². The van der Waals surface area contributed by atoms with Gasteiger partial charge in [0, 0.05) is 19.3 Å². The molecule has 0 aliphatic carbocycles. The van der Waals surface area contributed by atoms with Gasteiger partial charge >= 0.3 is 17.9 Å². The van der Waals surface area contributed by atoms with Crippen molar-refractivity contribution < 1.29 is 28.6 Å². The Morgan fingerprint density at radius 2 is 0.500 bits per heavy atom. The summed E-state index contributed by atoms with van der Waals surface area (Å²) >= 11 is 0. The third kappa shape index (κ3) is 62.9. The van der Waals surface area contributed by atoms with Gasteiger partial charge in [0.05, 0.1) is 0 Å². The molecule has 1 atom stereocenters. The lowest BCUT2D eigenvalue weighted by molar-refractivity contribution is -0.167. The van der Waals surface area contributed by atoms with Crippen molar-refractivity contribution in [2.45, 2.75) is 316 Å². The van der Waals surface area contributed by atoms with Crippen molar-refractivity contribution in [3.05, 3.63) is 109 Å². The van der Waals surface area contributed by atoms with E-state index in [2.05, 4.69) is 130 Å². The normalized spacial score (nSPS) is 12.8. The number of allylic oxidation sites excluding steroid dienone is 18. The lowest BCUT2D eigenvalue weighted by Crippen LogP contribution is -2.30. The van der Waals surface area contributed by atoms with Gasteiger partial charge in [-0.3, -0.25) is 14.4 Å². The number of ether oxygens (including phenoxy) is 3. The van der Waals surface area contributed by atoms with E-state index < -0.39 is 6.10 Å². The second-order valence-corrected chi connectivity index (χ2v) is 21.6. The van der Waals surface area contributed by atoms with Gasteiger partial charge in [-0.2, -0.15) is 0 Å². The second kappa shape index (κ2) is 65.6. The summed E-state index contributed by atoms with van der Waals surface area (Å²) in [5.41, 5.74) is 0. The molecular weight excluding hydrogens is 961 g/mol. The molecular formula is C72H122O6. The van der Waals surface area contributed by atoms with Gasteiger partial charge in [0.1, 0.15) is 13.2 Å². The molecule has 0 aliphatic heterocycles. The van der Waals surface area contributed by atoms with E-state index in [0.717, 1.165) is 116 Å². The third-order valence-corrected chi connectivity index (χ3v) is 14.0. The quantitative estimate of drug-likeness (QED) is 0.0261. The van der Waals surface area contributed by atoms with Gasteiger partial charge in [0.15, 0.2) is 6.10 Å². The maximum Gasteiger partial charge on any atom is 0.306 e. The SMILES string of the molecule is CC/C=C\C/C=C\C/C=C\C/C=C\C/C=C\C/C=C\CCCCCCCCCCCCC(=O)OCC(COC(=O)CCCCCCC/C=C\CCCCCCC)OC(=O)CCCCCCCCC/C=C\C/C=C\CCCCC. The maximum atomic E-state index is 12.9. The molecule has 0 fully saturated rings. The largest absolute Gasteiger partial charge is 0.462 e. The Morgan fingerprint density at radius 3 is 0.821 bits per heavy atom. The van der Waals surface area contributed by atoms with Crippen molar-refractivity contribution >= 4 is 17.9 Å². The molecule has 0 aromatic rings. The number of hydrogen-bond acceptors (Lipinski definition) is 6. The number of carbonyl (C=O) groups is 3. The molecule has 0 aliphatic rings. The zero-order valence-corrected chi connectivity index (χ0v) is 51.2. The Bertz CT molecular complexity index is 1570. The molecule has 0 aromatic carbocycles. The van der Waals surface area contributed by atoms with E-state index in [1.807, 2.05) is 0 Å². The molecule has 0 N–H and O–H groups in total. The summed E-state index contributed by atoms with van der Waals surface area (Å²) in [7, 11) is 0. The van der Waals surface area contributed by atoms with E-state index in [4.69, 9.17) is 14.2 Å². The molecule has 0 radical (unpaired) electrons. The van der Waals surface area contributed by atoms with Crippen molar-refractivity contribution in [3.8, 4) is 0 Å². The van der Waals surface area contributed by atoms with Crippen LogP contribution in [0.1, 0.15) is 310 Å². The highest BCUT2D eigenvalue weighted by Crippen LogP contribution is 2.16. The van der Waals surface area contributed by atoms with Gasteiger partial charge in [0.2, 0.25) is 0 Å². The number of rotatable bonds is 59. The van der Waals surface area contributed by atoms with Crippen LogP contribution >= 0.6 is 0 Å². The molecule has 6 heteroatoms. The first kappa shape index (κ1) is 74.1. The van der Waals surface area contributed by atoms with E-state index in [9.17, 15) is 14.4 Å². The van der Waals surface area contributed by atoms with Crippen LogP contribution in [0.5, 0.6) is 0 Å². The molecule has 446 valence electrons. The maximum absolute atomic E-state index is 12.9. The van der Waals surface area contributed by atoms with Gasteiger partial charge < -0.3 is 14.2 Å². The van der Waals surface area contributed by atoms with Crippen LogP contribution in [0.25, 0.3) is 0 Å². The fraction of sp³-hybridized carbons (Fsp3) is 0.708. The Balaban J connectivity index is 4.32. The molecule has 1 unspecified atom stereocenters. The molecule has 0 amide bonds. The first-order valence-electron chi connectivity index (χ1n) is 32.9. The van der Waals surface area contributed by atoms with Gasteiger partial charge in [-0.25, -0.2) is 0 Å². The van der Waals surface area contributed by atoms with E-state index in [0.29, 0.717) is 19.3 Å². The van der Waals surface area contributed by atoms with Crippen LogP contribution in [0.3, 0.4) is 0 Å². The Kier molecular flexibility index (Phi) is 62.3. The Morgan fingerprint density at radius 1 is 0.269 bits per heavy atom. The van der Waals surface area contributed by atoms with Gasteiger partial charge in [-0.05, 0) is 128 Å². The second-order valence-electron chi connectivity index (χ2n) is 21.6. The van der Waals surface area contributed by atoms with Crippen LogP contribution in [-0.2, 0) is 28.6 Å². The lowest BCUT2D eigenvalue weighted by atomic mass is 10.1. The van der Waals surface area contributed by atoms with Crippen LogP contribution in [0.4, 0.5) is 0 Å². The minimum Gasteiger partial charge on any atom is -0.462 e. The zero-order valence-electron chi connectivity index (χ0n) is 51.2. The molecule has 78 heavy (non-hydrogen) atoms. The summed E-state index contributed by atoms with van der Waals surface area (Å²) in [6.07, 6.45) is 89.5. The van der Waals surface area contributed by atoms with E-state index in [1.165, 1.54) is 154 Å². The van der Waals surface area contributed by atoms with Crippen LogP contribution in [0, 0.1) is 0 Å². The standard InChI is InChI=1S/C72H122O6/c1-4-7-10-13-16-19-22-25-28-30-31-32-33-34-35-36-37-38-39-40-41-43-44-47-50-53-56-59-62-65-71(74)77-68-69(67-76-70(73)64-61-58-55-52-49-46-27-24-21-18-15-12-9-6-3)78-72(75)66-63-60-57-54-51-48-45-42-29-26-23-20-17-14-11-8-5-2/h7,10,16-17,19-20,24-29,31-32,34-35,37-38,69H,4-6,8-9,11-15,18,21-23,30,33,36,39-68H2,1-3H3/b10-7-,19-16-,20-17-,27-24-,28-25-,29-26-,32-31-,35-34-,38-37-. The molecule has 0 heterocycles. The molecule has 6 nitrogen and oxygen atoms in total. The smallest absolute Gasteiger partial charge is 0.306 e. The average molecular weight is 1080 g/mol. The lowest BCUT2D eigenvalue weighted by Gasteiger charge is -2.18. The zero-order chi connectivity index (χ0) is 56.4. The number of carbonyl (C=O) groups excluding carboxylic acids is 3. The number of unbranched alkanes of at least 4 members (excludes halogenated alkanes) is 30. The predicted octanol–water partition coefficient (Wildman–Crippen LogP) is 22.6. The summed E-state index contributed by atoms with van der Waals surface area (Å²) in [6, 6.07) is 0. The highest BCUT2D eigenvalue weighted by atomic mass is 16.6.